The van der Waals surface area contributed by atoms with E-state index in [2.05, 4.69) is 5.32 Å². The summed E-state index contributed by atoms with van der Waals surface area (Å²) in [5.74, 6) is -0.193. The number of halogens is 1. The molecule has 0 spiro atoms. The predicted octanol–water partition coefficient (Wildman–Crippen LogP) is 1.78. The molecule has 0 aliphatic rings. The van der Waals surface area contributed by atoms with Gasteiger partial charge in [0.15, 0.2) is 0 Å². The summed E-state index contributed by atoms with van der Waals surface area (Å²) in [6.07, 6.45) is 0. The highest BCUT2D eigenvalue weighted by Gasteiger charge is 2.19. The second-order valence-electron chi connectivity index (χ2n) is 4.33. The van der Waals surface area contributed by atoms with Gasteiger partial charge in [-0.15, -0.1) is 0 Å². The Bertz CT molecular complexity index is 603. The zero-order valence-electron chi connectivity index (χ0n) is 12.1. The Hall–Kier alpha value is -1.31. The van der Waals surface area contributed by atoms with E-state index in [1.165, 1.54) is 25.3 Å². The Morgan fingerprint density at radius 3 is 2.62 bits per heavy atom. The third-order valence-electron chi connectivity index (χ3n) is 2.65. The summed E-state index contributed by atoms with van der Waals surface area (Å²) in [5, 5.41) is 2.70. The van der Waals surface area contributed by atoms with Crippen LogP contribution in [-0.4, -0.2) is 40.7 Å². The molecular formula is C13H18ClNO5S. The molecule has 0 aromatic heterocycles. The molecule has 0 fully saturated rings. The number of benzene rings is 1. The van der Waals surface area contributed by atoms with Gasteiger partial charge < -0.3 is 14.8 Å². The van der Waals surface area contributed by atoms with E-state index >= 15 is 0 Å². The van der Waals surface area contributed by atoms with Crippen LogP contribution in [-0.2, 0) is 13.8 Å². The predicted molar refractivity (Wildman–Crippen MR) is 79.5 cm³/mol. The van der Waals surface area contributed by atoms with Gasteiger partial charge in [0.2, 0.25) is 0 Å². The molecule has 1 aromatic rings. The van der Waals surface area contributed by atoms with Gasteiger partial charge in [-0.1, -0.05) is 0 Å². The zero-order chi connectivity index (χ0) is 16.0. The molecule has 118 valence electrons. The molecule has 0 bridgehead atoms. The number of hydrogen-bond donors (Lipinski definition) is 1. The SMILES string of the molecule is CCOCC(C)NC(=O)c1cc(S(=O)(=O)Cl)ccc1OC. The lowest BCUT2D eigenvalue weighted by molar-refractivity contribution is 0.0869. The molecular weight excluding hydrogens is 318 g/mol. The molecule has 0 saturated carbocycles. The van der Waals surface area contributed by atoms with Gasteiger partial charge in [0, 0.05) is 23.3 Å². The van der Waals surface area contributed by atoms with Crippen molar-refractivity contribution >= 4 is 25.6 Å². The molecule has 0 aliphatic carbocycles. The standard InChI is InChI=1S/C13H18ClNO5S/c1-4-20-8-9(2)15-13(16)11-7-10(21(14,17)18)5-6-12(11)19-3/h5-7,9H,4,8H2,1-3H3,(H,15,16). The van der Waals surface area contributed by atoms with Gasteiger partial charge in [-0.25, -0.2) is 8.42 Å². The van der Waals surface area contributed by atoms with Crippen molar-refractivity contribution in [3.8, 4) is 5.75 Å². The molecule has 0 radical (unpaired) electrons. The van der Waals surface area contributed by atoms with Crippen LogP contribution in [0.1, 0.15) is 24.2 Å². The smallest absolute Gasteiger partial charge is 0.261 e. The van der Waals surface area contributed by atoms with E-state index in [0.29, 0.717) is 13.2 Å². The monoisotopic (exact) mass is 335 g/mol. The highest BCUT2D eigenvalue weighted by molar-refractivity contribution is 8.13. The summed E-state index contributed by atoms with van der Waals surface area (Å²) in [4.78, 5) is 12.0. The van der Waals surface area contributed by atoms with E-state index in [4.69, 9.17) is 20.2 Å². The molecule has 1 atom stereocenters. The first-order valence-corrected chi connectivity index (χ1v) is 8.61. The van der Waals surface area contributed by atoms with Gasteiger partial charge in [-0.05, 0) is 32.0 Å². The summed E-state index contributed by atoms with van der Waals surface area (Å²) in [6.45, 7) is 4.54. The Labute approximate surface area is 128 Å². The molecule has 0 heterocycles. The maximum Gasteiger partial charge on any atom is 0.261 e. The van der Waals surface area contributed by atoms with Gasteiger partial charge in [0.1, 0.15) is 5.75 Å². The Morgan fingerprint density at radius 2 is 2.10 bits per heavy atom. The van der Waals surface area contributed by atoms with Crippen molar-refractivity contribution in [2.75, 3.05) is 20.3 Å². The number of carbonyl (C=O) groups excluding carboxylic acids is 1. The first-order chi connectivity index (χ1) is 9.79. The van der Waals surface area contributed by atoms with Crippen molar-refractivity contribution in [3.63, 3.8) is 0 Å². The fourth-order valence-electron chi connectivity index (χ4n) is 1.65. The van der Waals surface area contributed by atoms with E-state index in [9.17, 15) is 13.2 Å². The lowest BCUT2D eigenvalue weighted by Crippen LogP contribution is -2.36. The summed E-state index contributed by atoms with van der Waals surface area (Å²) < 4.78 is 33.0. The van der Waals surface area contributed by atoms with Gasteiger partial charge in [-0.3, -0.25) is 4.79 Å². The topological polar surface area (TPSA) is 81.7 Å². The molecule has 21 heavy (non-hydrogen) atoms. The second kappa shape index (κ2) is 7.63. The number of hydrogen-bond acceptors (Lipinski definition) is 5. The van der Waals surface area contributed by atoms with E-state index < -0.39 is 15.0 Å². The van der Waals surface area contributed by atoms with Crippen LogP contribution in [0.2, 0.25) is 0 Å². The maximum absolute atomic E-state index is 12.2. The molecule has 1 rings (SSSR count). The normalized spacial score (nSPS) is 12.8. The van der Waals surface area contributed by atoms with Crippen LogP contribution in [0.5, 0.6) is 5.75 Å². The Kier molecular flexibility index (Phi) is 6.44. The van der Waals surface area contributed by atoms with Crippen LogP contribution in [0.15, 0.2) is 23.1 Å². The molecule has 8 heteroatoms. The van der Waals surface area contributed by atoms with E-state index in [1.807, 2.05) is 6.92 Å². The third kappa shape index (κ3) is 5.18. The van der Waals surface area contributed by atoms with Crippen molar-refractivity contribution in [2.45, 2.75) is 24.8 Å². The van der Waals surface area contributed by atoms with Crippen molar-refractivity contribution in [1.82, 2.24) is 5.32 Å². The molecule has 6 nitrogen and oxygen atoms in total. The number of rotatable bonds is 7. The zero-order valence-corrected chi connectivity index (χ0v) is 13.6. The number of carbonyl (C=O) groups is 1. The fourth-order valence-corrected chi connectivity index (χ4v) is 2.43. The van der Waals surface area contributed by atoms with Crippen molar-refractivity contribution in [2.24, 2.45) is 0 Å². The summed E-state index contributed by atoms with van der Waals surface area (Å²) in [6, 6.07) is 3.63. The largest absolute Gasteiger partial charge is 0.496 e. The first-order valence-electron chi connectivity index (χ1n) is 6.31. The average Bonchev–Trinajstić information content (AvgIpc) is 2.43. The second-order valence-corrected chi connectivity index (χ2v) is 6.90. The molecule has 0 saturated heterocycles. The number of methoxy groups -OCH3 is 1. The average molecular weight is 336 g/mol. The highest BCUT2D eigenvalue weighted by atomic mass is 35.7. The molecule has 1 unspecified atom stereocenters. The Morgan fingerprint density at radius 1 is 1.43 bits per heavy atom. The number of ether oxygens (including phenoxy) is 2. The molecule has 0 aliphatic heterocycles. The number of nitrogens with one attached hydrogen (secondary N) is 1. The quantitative estimate of drug-likeness (QED) is 0.768. The van der Waals surface area contributed by atoms with Crippen molar-refractivity contribution < 1.29 is 22.7 Å². The van der Waals surface area contributed by atoms with Crippen molar-refractivity contribution in [3.05, 3.63) is 23.8 Å². The molecule has 1 N–H and O–H groups in total. The van der Waals surface area contributed by atoms with Gasteiger partial charge >= 0.3 is 0 Å². The Balaban J connectivity index is 3.01. The maximum atomic E-state index is 12.2. The lowest BCUT2D eigenvalue weighted by Gasteiger charge is -2.15. The minimum absolute atomic E-state index is 0.0996. The number of amides is 1. The van der Waals surface area contributed by atoms with Gasteiger partial charge in [0.05, 0.1) is 24.2 Å². The van der Waals surface area contributed by atoms with E-state index in [-0.39, 0.29) is 22.3 Å². The summed E-state index contributed by atoms with van der Waals surface area (Å²) >= 11 is 0. The first kappa shape index (κ1) is 17.7. The van der Waals surface area contributed by atoms with Gasteiger partial charge in [0.25, 0.3) is 15.0 Å². The lowest BCUT2D eigenvalue weighted by atomic mass is 10.1. The minimum Gasteiger partial charge on any atom is -0.496 e. The van der Waals surface area contributed by atoms with Crippen LogP contribution in [0.4, 0.5) is 0 Å². The summed E-state index contributed by atoms with van der Waals surface area (Å²) in [5.41, 5.74) is 0.0996. The minimum atomic E-state index is -3.91. The third-order valence-corrected chi connectivity index (χ3v) is 4.00. The van der Waals surface area contributed by atoms with Crippen LogP contribution < -0.4 is 10.1 Å². The van der Waals surface area contributed by atoms with Crippen molar-refractivity contribution in [1.29, 1.82) is 0 Å². The van der Waals surface area contributed by atoms with E-state index in [1.54, 1.807) is 6.92 Å². The van der Waals surface area contributed by atoms with E-state index in [0.717, 1.165) is 0 Å². The highest BCUT2D eigenvalue weighted by Crippen LogP contribution is 2.24. The molecule has 1 amide bonds. The van der Waals surface area contributed by atoms with Crippen LogP contribution in [0.3, 0.4) is 0 Å². The summed E-state index contributed by atoms with van der Waals surface area (Å²) in [7, 11) is 2.76. The van der Waals surface area contributed by atoms with Crippen LogP contribution >= 0.6 is 10.7 Å². The van der Waals surface area contributed by atoms with Gasteiger partial charge in [-0.2, -0.15) is 0 Å². The van der Waals surface area contributed by atoms with Crippen LogP contribution in [0.25, 0.3) is 0 Å². The fraction of sp³-hybridized carbons (Fsp3) is 0.462. The van der Waals surface area contributed by atoms with Crippen LogP contribution in [0, 0.1) is 0 Å². The molecule has 1 aromatic carbocycles.